The molecule has 8 heteroatoms. The number of amides is 3. The third kappa shape index (κ3) is 8.02. The van der Waals surface area contributed by atoms with Crippen molar-refractivity contribution >= 4 is 36.2 Å². The van der Waals surface area contributed by atoms with Gasteiger partial charge in [-0.3, -0.25) is 9.59 Å². The van der Waals surface area contributed by atoms with Crippen LogP contribution in [0.2, 0.25) is 0 Å². The van der Waals surface area contributed by atoms with Gasteiger partial charge in [0.15, 0.2) is 0 Å². The van der Waals surface area contributed by atoms with Crippen molar-refractivity contribution in [3.05, 3.63) is 65.7 Å². The molecule has 0 aromatic heterocycles. The van der Waals surface area contributed by atoms with Gasteiger partial charge in [-0.1, -0.05) is 55.5 Å². The zero-order valence-corrected chi connectivity index (χ0v) is 22.3. The van der Waals surface area contributed by atoms with Crippen molar-refractivity contribution in [2.45, 2.75) is 71.7 Å². The van der Waals surface area contributed by atoms with Gasteiger partial charge in [-0.25, -0.2) is 4.79 Å². The van der Waals surface area contributed by atoms with E-state index in [1.54, 1.807) is 25.7 Å². The molecule has 7 nitrogen and oxygen atoms in total. The summed E-state index contributed by atoms with van der Waals surface area (Å²) in [5, 5.41) is 5.61. The number of carbonyl (C=O) groups is 3. The molecule has 190 valence electrons. The number of ether oxygens (including phenoxy) is 1. The predicted molar refractivity (Wildman–Crippen MR) is 143 cm³/mol. The maximum absolute atomic E-state index is 13.8. The summed E-state index contributed by atoms with van der Waals surface area (Å²) in [6, 6.07) is 14.5. The van der Waals surface area contributed by atoms with Crippen LogP contribution in [0.4, 0.5) is 10.5 Å². The number of hydrogen-bond donors (Lipinski definition) is 3. The first-order valence-corrected chi connectivity index (χ1v) is 12.5. The van der Waals surface area contributed by atoms with Crippen molar-refractivity contribution in [1.29, 1.82) is 0 Å². The molecule has 0 saturated heterocycles. The van der Waals surface area contributed by atoms with E-state index < -0.39 is 29.7 Å². The number of aryl methyl sites for hydroxylation is 1. The van der Waals surface area contributed by atoms with Gasteiger partial charge in [0.25, 0.3) is 5.91 Å². The Labute approximate surface area is 214 Å². The molecule has 0 aliphatic heterocycles. The van der Waals surface area contributed by atoms with Gasteiger partial charge < -0.3 is 20.3 Å². The molecule has 0 heterocycles. The highest BCUT2D eigenvalue weighted by molar-refractivity contribution is 7.80. The molecule has 0 aliphatic carbocycles. The Morgan fingerprint density at radius 2 is 1.63 bits per heavy atom. The van der Waals surface area contributed by atoms with Crippen LogP contribution >= 0.6 is 12.6 Å². The number of rotatable bonds is 9. The quantitative estimate of drug-likeness (QED) is 0.418. The second-order valence-corrected chi connectivity index (χ2v) is 9.87. The molecule has 2 N–H and O–H groups in total. The summed E-state index contributed by atoms with van der Waals surface area (Å²) in [7, 11) is 0. The van der Waals surface area contributed by atoms with Gasteiger partial charge in [-0.2, -0.15) is 12.6 Å². The molecule has 0 radical (unpaired) electrons. The van der Waals surface area contributed by atoms with Gasteiger partial charge in [0.2, 0.25) is 5.91 Å². The van der Waals surface area contributed by atoms with Crippen molar-refractivity contribution < 1.29 is 19.1 Å². The summed E-state index contributed by atoms with van der Waals surface area (Å²) < 4.78 is 5.34. The lowest BCUT2D eigenvalue weighted by atomic mass is 10.00. The highest BCUT2D eigenvalue weighted by atomic mass is 32.1. The van der Waals surface area contributed by atoms with Crippen LogP contribution < -0.4 is 10.6 Å². The number of nitrogens with zero attached hydrogens (tertiary/aromatic N) is 1. The summed E-state index contributed by atoms with van der Waals surface area (Å²) in [4.78, 5) is 41.5. The van der Waals surface area contributed by atoms with Crippen LogP contribution in [0.15, 0.2) is 54.6 Å². The molecule has 0 fully saturated rings. The monoisotopic (exact) mass is 499 g/mol. The molecule has 0 bridgehead atoms. The average Bonchev–Trinajstić information content (AvgIpc) is 2.80. The van der Waals surface area contributed by atoms with E-state index in [0.29, 0.717) is 17.7 Å². The first kappa shape index (κ1) is 28.2. The number of carbonyl (C=O) groups excluding carboxylic acids is 3. The predicted octanol–water partition coefficient (Wildman–Crippen LogP) is 5.13. The molecule has 2 aromatic rings. The van der Waals surface area contributed by atoms with E-state index in [-0.39, 0.29) is 17.7 Å². The molecule has 35 heavy (non-hydrogen) atoms. The standard InChI is InChI=1S/C27H37N3O4S/c1-7-19(3)30(25(32)22(17-35)29-26(33)34-27(4,5)6)23(20-14-9-8-10-15-20)24(31)28-21-16-12-11-13-18(21)2/h8-16,19,22-23,35H,7,17H2,1-6H3,(H,28,31)(H,29,33). The van der Waals surface area contributed by atoms with Crippen molar-refractivity contribution in [3.63, 3.8) is 0 Å². The molecule has 2 aromatic carbocycles. The molecule has 0 aliphatic rings. The van der Waals surface area contributed by atoms with Gasteiger partial charge >= 0.3 is 6.09 Å². The van der Waals surface area contributed by atoms with E-state index in [1.165, 1.54) is 0 Å². The first-order chi connectivity index (χ1) is 16.5. The van der Waals surface area contributed by atoms with Crippen molar-refractivity contribution in [2.24, 2.45) is 0 Å². The SMILES string of the molecule is CCC(C)N(C(=O)C(CS)NC(=O)OC(C)(C)C)C(C(=O)Nc1ccccc1C)c1ccccc1. The normalized spacial score (nSPS) is 13.8. The number of thiol groups is 1. The van der Waals surface area contributed by atoms with Crippen LogP contribution in [0.3, 0.4) is 0 Å². The second kappa shape index (κ2) is 12.6. The minimum Gasteiger partial charge on any atom is -0.444 e. The summed E-state index contributed by atoms with van der Waals surface area (Å²) in [6.45, 7) is 11.0. The molecule has 2 rings (SSSR count). The Bertz CT molecular complexity index is 1010. The lowest BCUT2D eigenvalue weighted by Crippen LogP contribution is -2.55. The zero-order chi connectivity index (χ0) is 26.2. The summed E-state index contributed by atoms with van der Waals surface area (Å²) in [5.41, 5.74) is 1.54. The van der Waals surface area contributed by atoms with Gasteiger partial charge in [-0.15, -0.1) is 0 Å². The average molecular weight is 500 g/mol. The molecule has 0 spiro atoms. The van der Waals surface area contributed by atoms with Crippen LogP contribution in [0, 0.1) is 6.92 Å². The van der Waals surface area contributed by atoms with Crippen molar-refractivity contribution in [2.75, 3.05) is 11.1 Å². The van der Waals surface area contributed by atoms with Crippen LogP contribution in [-0.2, 0) is 14.3 Å². The Hall–Kier alpha value is -3.00. The van der Waals surface area contributed by atoms with E-state index in [9.17, 15) is 14.4 Å². The maximum atomic E-state index is 13.8. The highest BCUT2D eigenvalue weighted by Gasteiger charge is 2.38. The van der Waals surface area contributed by atoms with Crippen LogP contribution in [0.25, 0.3) is 0 Å². The van der Waals surface area contributed by atoms with E-state index in [1.807, 2.05) is 75.4 Å². The largest absolute Gasteiger partial charge is 0.444 e. The second-order valence-electron chi connectivity index (χ2n) is 9.50. The van der Waals surface area contributed by atoms with Crippen LogP contribution in [0.5, 0.6) is 0 Å². The third-order valence-electron chi connectivity index (χ3n) is 5.54. The van der Waals surface area contributed by atoms with Gasteiger partial charge in [0, 0.05) is 17.5 Å². The van der Waals surface area contributed by atoms with E-state index in [2.05, 4.69) is 23.3 Å². The third-order valence-corrected chi connectivity index (χ3v) is 5.90. The number of hydrogen-bond acceptors (Lipinski definition) is 5. The number of benzene rings is 2. The van der Waals surface area contributed by atoms with Crippen LogP contribution in [0.1, 0.15) is 58.2 Å². The fourth-order valence-electron chi connectivity index (χ4n) is 3.60. The summed E-state index contributed by atoms with van der Waals surface area (Å²) in [5.74, 6) is -0.699. The Kier molecular flexibility index (Phi) is 10.2. The van der Waals surface area contributed by atoms with Gasteiger partial charge in [0.1, 0.15) is 17.7 Å². The van der Waals surface area contributed by atoms with Crippen molar-refractivity contribution in [3.8, 4) is 0 Å². The summed E-state index contributed by atoms with van der Waals surface area (Å²) >= 11 is 4.32. The number of para-hydroxylation sites is 1. The molecular formula is C27H37N3O4S. The maximum Gasteiger partial charge on any atom is 0.408 e. The zero-order valence-electron chi connectivity index (χ0n) is 21.4. The lowest BCUT2D eigenvalue weighted by molar-refractivity contribution is -0.142. The topological polar surface area (TPSA) is 87.7 Å². The number of alkyl carbamates (subject to hydrolysis) is 1. The van der Waals surface area contributed by atoms with E-state index in [0.717, 1.165) is 5.56 Å². The van der Waals surface area contributed by atoms with Gasteiger partial charge in [0.05, 0.1) is 0 Å². The Morgan fingerprint density at radius 3 is 2.17 bits per heavy atom. The molecule has 3 unspecified atom stereocenters. The smallest absolute Gasteiger partial charge is 0.408 e. The highest BCUT2D eigenvalue weighted by Crippen LogP contribution is 2.28. The minimum atomic E-state index is -0.973. The van der Waals surface area contributed by atoms with E-state index >= 15 is 0 Å². The Balaban J connectivity index is 2.46. The van der Waals surface area contributed by atoms with Crippen LogP contribution in [-0.4, -0.2) is 46.2 Å². The molecular weight excluding hydrogens is 462 g/mol. The first-order valence-electron chi connectivity index (χ1n) is 11.8. The number of nitrogens with one attached hydrogen (secondary N) is 2. The lowest BCUT2D eigenvalue weighted by Gasteiger charge is -2.38. The Morgan fingerprint density at radius 1 is 1.03 bits per heavy atom. The number of anilines is 1. The molecule has 0 saturated carbocycles. The van der Waals surface area contributed by atoms with Gasteiger partial charge in [-0.05, 0) is 58.2 Å². The molecule has 3 atom stereocenters. The fourth-order valence-corrected chi connectivity index (χ4v) is 3.85. The molecule has 3 amide bonds. The van der Waals surface area contributed by atoms with E-state index in [4.69, 9.17) is 4.74 Å². The fraction of sp³-hybridized carbons (Fsp3) is 0.444. The van der Waals surface area contributed by atoms with Crippen molar-refractivity contribution in [1.82, 2.24) is 10.2 Å². The summed E-state index contributed by atoms with van der Waals surface area (Å²) in [6.07, 6.45) is -0.104. The minimum absolute atomic E-state index is 0.0476.